The molecule has 21 heavy (non-hydrogen) atoms. The van der Waals surface area contributed by atoms with E-state index in [2.05, 4.69) is 23.7 Å². The molecular weight excluding hydrogens is 285 g/mol. The molecule has 114 valence electrons. The summed E-state index contributed by atoms with van der Waals surface area (Å²) < 4.78 is 19.4. The van der Waals surface area contributed by atoms with Crippen molar-refractivity contribution < 1.29 is 9.13 Å². The van der Waals surface area contributed by atoms with E-state index in [1.165, 1.54) is 10.9 Å². The Balaban J connectivity index is 2.00. The minimum atomic E-state index is -0.222. The summed E-state index contributed by atoms with van der Waals surface area (Å²) in [5, 5.41) is 5.44. The lowest BCUT2D eigenvalue weighted by Gasteiger charge is -2.18. The molecule has 0 bridgehead atoms. The summed E-state index contributed by atoms with van der Waals surface area (Å²) in [5.74, 6) is 0.546. The monoisotopic (exact) mass is 307 g/mol. The molecule has 0 saturated heterocycles. The molecule has 2 nitrogen and oxygen atoms in total. The van der Waals surface area contributed by atoms with Crippen molar-refractivity contribution >= 4 is 11.3 Å². The van der Waals surface area contributed by atoms with Gasteiger partial charge in [0.05, 0.1) is 6.61 Å². The molecule has 1 aromatic heterocycles. The predicted octanol–water partition coefficient (Wildman–Crippen LogP) is 4.57. The van der Waals surface area contributed by atoms with Crippen molar-refractivity contribution in [2.75, 3.05) is 13.2 Å². The van der Waals surface area contributed by atoms with Gasteiger partial charge < -0.3 is 10.1 Å². The Kier molecular flexibility index (Phi) is 6.21. The van der Waals surface area contributed by atoms with Crippen LogP contribution in [0.5, 0.6) is 5.75 Å². The van der Waals surface area contributed by atoms with Crippen molar-refractivity contribution in [1.82, 2.24) is 5.32 Å². The van der Waals surface area contributed by atoms with E-state index in [0.717, 1.165) is 30.7 Å². The molecule has 0 spiro atoms. The summed E-state index contributed by atoms with van der Waals surface area (Å²) in [6.45, 7) is 5.67. The van der Waals surface area contributed by atoms with E-state index in [1.807, 2.05) is 13.0 Å². The van der Waals surface area contributed by atoms with E-state index >= 15 is 0 Å². The molecule has 1 unspecified atom stereocenters. The smallest absolute Gasteiger partial charge is 0.124 e. The van der Waals surface area contributed by atoms with Gasteiger partial charge in [-0.2, -0.15) is 0 Å². The molecule has 1 atom stereocenters. The first kappa shape index (κ1) is 16.0. The van der Waals surface area contributed by atoms with Gasteiger partial charge in [-0.05, 0) is 49.5 Å². The summed E-state index contributed by atoms with van der Waals surface area (Å²) in [6, 6.07) is 8.97. The van der Waals surface area contributed by atoms with Gasteiger partial charge >= 0.3 is 0 Å². The third-order valence-corrected chi connectivity index (χ3v) is 4.26. The standard InChI is InChI=1S/C17H22FNOS/c1-3-9-19-13(2)16-12-14(18)6-7-17(16)20-10-8-15-5-4-11-21-15/h4-7,11-13,19H,3,8-10H2,1-2H3. The van der Waals surface area contributed by atoms with Crippen LogP contribution in [0.2, 0.25) is 0 Å². The van der Waals surface area contributed by atoms with Crippen LogP contribution < -0.4 is 10.1 Å². The first-order valence-corrected chi connectivity index (χ1v) is 8.26. The van der Waals surface area contributed by atoms with Crippen LogP contribution in [0.25, 0.3) is 0 Å². The van der Waals surface area contributed by atoms with Crippen molar-refractivity contribution in [3.05, 3.63) is 52.0 Å². The fraction of sp³-hybridized carbons (Fsp3) is 0.412. The van der Waals surface area contributed by atoms with Crippen molar-refractivity contribution in [2.45, 2.75) is 32.7 Å². The number of halogens is 1. The van der Waals surface area contributed by atoms with Crippen LogP contribution in [0, 0.1) is 5.82 Å². The molecule has 1 N–H and O–H groups in total. The molecule has 1 aromatic carbocycles. The molecule has 1 heterocycles. The third kappa shape index (κ3) is 4.83. The second kappa shape index (κ2) is 8.15. The normalized spacial score (nSPS) is 12.3. The predicted molar refractivity (Wildman–Crippen MR) is 86.6 cm³/mol. The zero-order valence-electron chi connectivity index (χ0n) is 12.6. The Morgan fingerprint density at radius 1 is 1.33 bits per heavy atom. The largest absolute Gasteiger partial charge is 0.493 e. The summed E-state index contributed by atoms with van der Waals surface area (Å²) in [4.78, 5) is 1.30. The maximum absolute atomic E-state index is 13.5. The van der Waals surface area contributed by atoms with Gasteiger partial charge in [0.15, 0.2) is 0 Å². The van der Waals surface area contributed by atoms with E-state index in [1.54, 1.807) is 23.5 Å². The number of ether oxygens (including phenoxy) is 1. The van der Waals surface area contributed by atoms with Gasteiger partial charge in [-0.25, -0.2) is 4.39 Å². The summed E-state index contributed by atoms with van der Waals surface area (Å²) in [6.07, 6.45) is 1.93. The summed E-state index contributed by atoms with van der Waals surface area (Å²) in [7, 11) is 0. The Hall–Kier alpha value is -1.39. The Labute approximate surface area is 130 Å². The van der Waals surface area contributed by atoms with Gasteiger partial charge in [-0.1, -0.05) is 13.0 Å². The molecule has 2 aromatic rings. The highest BCUT2D eigenvalue weighted by molar-refractivity contribution is 7.09. The highest BCUT2D eigenvalue weighted by atomic mass is 32.1. The first-order chi connectivity index (χ1) is 10.2. The fourth-order valence-corrected chi connectivity index (χ4v) is 2.87. The summed E-state index contributed by atoms with van der Waals surface area (Å²) >= 11 is 1.73. The molecule has 0 aliphatic rings. The lowest BCUT2D eigenvalue weighted by Crippen LogP contribution is -2.20. The quantitative estimate of drug-likeness (QED) is 0.771. The lowest BCUT2D eigenvalue weighted by molar-refractivity contribution is 0.315. The van der Waals surface area contributed by atoms with Crippen LogP contribution >= 0.6 is 11.3 Å². The second-order valence-electron chi connectivity index (χ2n) is 5.04. The van der Waals surface area contributed by atoms with E-state index in [4.69, 9.17) is 4.74 Å². The van der Waals surface area contributed by atoms with Gasteiger partial charge in [-0.3, -0.25) is 0 Å². The number of hydrogen-bond acceptors (Lipinski definition) is 3. The minimum absolute atomic E-state index is 0.0809. The number of hydrogen-bond donors (Lipinski definition) is 1. The van der Waals surface area contributed by atoms with Crippen molar-refractivity contribution in [2.24, 2.45) is 0 Å². The summed E-state index contributed by atoms with van der Waals surface area (Å²) in [5.41, 5.74) is 0.884. The number of benzene rings is 1. The van der Waals surface area contributed by atoms with Gasteiger partial charge in [0, 0.05) is 22.9 Å². The number of rotatable bonds is 8. The van der Waals surface area contributed by atoms with Gasteiger partial charge in [-0.15, -0.1) is 11.3 Å². The fourth-order valence-electron chi connectivity index (χ4n) is 2.18. The molecule has 2 rings (SSSR count). The maximum Gasteiger partial charge on any atom is 0.124 e. The minimum Gasteiger partial charge on any atom is -0.493 e. The average Bonchev–Trinajstić information content (AvgIpc) is 2.99. The zero-order valence-corrected chi connectivity index (χ0v) is 13.4. The Bertz CT molecular complexity index is 542. The van der Waals surface area contributed by atoms with Crippen molar-refractivity contribution in [3.8, 4) is 5.75 Å². The molecular formula is C17H22FNOS. The Morgan fingerprint density at radius 3 is 2.90 bits per heavy atom. The molecule has 0 amide bonds. The van der Waals surface area contributed by atoms with Crippen molar-refractivity contribution in [3.63, 3.8) is 0 Å². The van der Waals surface area contributed by atoms with Crippen molar-refractivity contribution in [1.29, 1.82) is 0 Å². The molecule has 0 radical (unpaired) electrons. The zero-order chi connectivity index (χ0) is 15.1. The van der Waals surface area contributed by atoms with E-state index in [-0.39, 0.29) is 11.9 Å². The van der Waals surface area contributed by atoms with Crippen LogP contribution in [0.4, 0.5) is 4.39 Å². The number of nitrogens with one attached hydrogen (secondary N) is 1. The number of thiophene rings is 1. The van der Waals surface area contributed by atoms with Gasteiger partial charge in [0.1, 0.15) is 11.6 Å². The topological polar surface area (TPSA) is 21.3 Å². The molecule has 0 aliphatic carbocycles. The first-order valence-electron chi connectivity index (χ1n) is 7.38. The van der Waals surface area contributed by atoms with E-state index in [0.29, 0.717) is 6.61 Å². The molecule has 0 aliphatic heterocycles. The van der Waals surface area contributed by atoms with Crippen LogP contribution in [0.3, 0.4) is 0 Å². The highest BCUT2D eigenvalue weighted by Gasteiger charge is 2.12. The van der Waals surface area contributed by atoms with Gasteiger partial charge in [0.25, 0.3) is 0 Å². The molecule has 0 saturated carbocycles. The molecule has 0 fully saturated rings. The van der Waals surface area contributed by atoms with Gasteiger partial charge in [0.2, 0.25) is 0 Å². The average molecular weight is 307 g/mol. The van der Waals surface area contributed by atoms with Crippen LogP contribution in [0.1, 0.15) is 36.8 Å². The third-order valence-electron chi connectivity index (χ3n) is 3.32. The van der Waals surface area contributed by atoms with Crippen LogP contribution in [-0.4, -0.2) is 13.2 Å². The van der Waals surface area contributed by atoms with Crippen LogP contribution in [-0.2, 0) is 6.42 Å². The lowest BCUT2D eigenvalue weighted by atomic mass is 10.1. The van der Waals surface area contributed by atoms with E-state index < -0.39 is 0 Å². The maximum atomic E-state index is 13.5. The molecule has 4 heteroatoms. The second-order valence-corrected chi connectivity index (χ2v) is 6.07. The SMILES string of the molecule is CCCNC(C)c1cc(F)ccc1OCCc1cccs1. The van der Waals surface area contributed by atoms with E-state index in [9.17, 15) is 4.39 Å². The Morgan fingerprint density at radius 2 is 2.19 bits per heavy atom. The highest BCUT2D eigenvalue weighted by Crippen LogP contribution is 2.26. The van der Waals surface area contributed by atoms with Crippen LogP contribution in [0.15, 0.2) is 35.7 Å².